The van der Waals surface area contributed by atoms with Crippen LogP contribution in [-0.4, -0.2) is 19.3 Å². The summed E-state index contributed by atoms with van der Waals surface area (Å²) in [6, 6.07) is 15.0. The van der Waals surface area contributed by atoms with E-state index >= 15 is 0 Å². The lowest BCUT2D eigenvalue weighted by Gasteiger charge is -2.17. The maximum absolute atomic E-state index is 6.43. The Morgan fingerprint density at radius 1 is 1.04 bits per heavy atom. The van der Waals surface area contributed by atoms with Gasteiger partial charge in [0.2, 0.25) is 0 Å². The molecule has 0 aliphatic rings. The predicted molar refractivity (Wildman–Crippen MR) is 109 cm³/mol. The van der Waals surface area contributed by atoms with Crippen molar-refractivity contribution in [1.29, 1.82) is 0 Å². The molecule has 0 saturated carbocycles. The Bertz CT molecular complexity index is 661. The summed E-state index contributed by atoms with van der Waals surface area (Å²) in [5, 5.41) is 4.18. The Hall–Kier alpha value is -1.71. The van der Waals surface area contributed by atoms with Gasteiger partial charge in [-0.1, -0.05) is 48.9 Å². The van der Waals surface area contributed by atoms with Crippen LogP contribution in [-0.2, 0) is 13.0 Å². The number of nitrogens with one attached hydrogen (secondary N) is 1. The second kappa shape index (κ2) is 11.1. The van der Waals surface area contributed by atoms with Crippen molar-refractivity contribution in [2.75, 3.05) is 13.2 Å². The number of hydrogen-bond donors (Lipinski definition) is 1. The van der Waals surface area contributed by atoms with Crippen LogP contribution in [0, 0.1) is 0 Å². The zero-order chi connectivity index (χ0) is 18.8. The van der Waals surface area contributed by atoms with Gasteiger partial charge in [0.25, 0.3) is 0 Å². The highest BCUT2D eigenvalue weighted by atomic mass is 35.5. The van der Waals surface area contributed by atoms with Gasteiger partial charge in [-0.25, -0.2) is 0 Å². The van der Waals surface area contributed by atoms with Gasteiger partial charge < -0.3 is 14.8 Å². The van der Waals surface area contributed by atoms with E-state index in [1.807, 2.05) is 19.1 Å². The molecule has 0 bridgehead atoms. The van der Waals surface area contributed by atoms with Gasteiger partial charge in [-0.15, -0.1) is 0 Å². The van der Waals surface area contributed by atoms with Crippen LogP contribution in [0.4, 0.5) is 0 Å². The number of benzene rings is 2. The van der Waals surface area contributed by atoms with Crippen molar-refractivity contribution < 1.29 is 9.47 Å². The van der Waals surface area contributed by atoms with E-state index in [9.17, 15) is 0 Å². The van der Waals surface area contributed by atoms with Crippen LogP contribution in [0.2, 0.25) is 5.02 Å². The monoisotopic (exact) mass is 375 g/mol. The molecular weight excluding hydrogens is 346 g/mol. The zero-order valence-electron chi connectivity index (χ0n) is 16.1. The molecule has 0 aliphatic heterocycles. The Morgan fingerprint density at radius 3 is 2.50 bits per heavy atom. The standard InChI is InChI=1S/C22H30ClNO2/c1-4-13-26-22-20(23)14-19(15-21(22)25-5-2)16-24-17(3)11-12-18-9-7-6-8-10-18/h6-10,14-15,17,24H,4-5,11-13,16H2,1-3H3/t17-/m0/s1. The first kappa shape index (κ1) is 20.6. The van der Waals surface area contributed by atoms with E-state index in [0.717, 1.165) is 37.1 Å². The van der Waals surface area contributed by atoms with Crippen LogP contribution in [0.5, 0.6) is 11.5 Å². The van der Waals surface area contributed by atoms with Gasteiger partial charge in [0, 0.05) is 12.6 Å². The molecule has 0 amide bonds. The minimum absolute atomic E-state index is 0.417. The maximum atomic E-state index is 6.43. The SMILES string of the molecule is CCCOc1c(Cl)cc(CN[C@@H](C)CCc2ccccc2)cc1OCC. The summed E-state index contributed by atoms with van der Waals surface area (Å²) in [6.07, 6.45) is 3.10. The van der Waals surface area contributed by atoms with Crippen LogP contribution in [0.15, 0.2) is 42.5 Å². The summed E-state index contributed by atoms with van der Waals surface area (Å²) < 4.78 is 11.5. The van der Waals surface area contributed by atoms with Gasteiger partial charge in [-0.2, -0.15) is 0 Å². The minimum Gasteiger partial charge on any atom is -0.490 e. The van der Waals surface area contributed by atoms with E-state index in [2.05, 4.69) is 49.5 Å². The lowest BCUT2D eigenvalue weighted by molar-refractivity contribution is 0.276. The minimum atomic E-state index is 0.417. The molecule has 1 N–H and O–H groups in total. The molecule has 4 heteroatoms. The number of aryl methyl sites for hydroxylation is 1. The molecule has 1 atom stereocenters. The van der Waals surface area contributed by atoms with Crippen molar-refractivity contribution in [3.05, 3.63) is 58.6 Å². The number of ether oxygens (including phenoxy) is 2. The molecule has 0 fully saturated rings. The fraction of sp³-hybridized carbons (Fsp3) is 0.455. The van der Waals surface area contributed by atoms with Crippen LogP contribution in [0.3, 0.4) is 0 Å². The Kier molecular flexibility index (Phi) is 8.79. The highest BCUT2D eigenvalue weighted by Crippen LogP contribution is 2.36. The summed E-state index contributed by atoms with van der Waals surface area (Å²) in [4.78, 5) is 0. The predicted octanol–water partition coefficient (Wildman–Crippen LogP) is 5.64. The molecule has 0 aliphatic carbocycles. The Morgan fingerprint density at radius 2 is 1.81 bits per heavy atom. The normalized spacial score (nSPS) is 12.0. The van der Waals surface area contributed by atoms with Gasteiger partial charge in [-0.3, -0.25) is 0 Å². The largest absolute Gasteiger partial charge is 0.490 e. The van der Waals surface area contributed by atoms with Crippen LogP contribution in [0.25, 0.3) is 0 Å². The third-order valence-corrected chi connectivity index (χ3v) is 4.46. The van der Waals surface area contributed by atoms with Gasteiger partial charge in [0.05, 0.1) is 18.2 Å². The van der Waals surface area contributed by atoms with Gasteiger partial charge >= 0.3 is 0 Å². The molecule has 142 valence electrons. The van der Waals surface area contributed by atoms with Gasteiger partial charge in [0.1, 0.15) is 0 Å². The zero-order valence-corrected chi connectivity index (χ0v) is 16.8. The number of hydrogen-bond acceptors (Lipinski definition) is 3. The second-order valence-corrected chi connectivity index (χ2v) is 6.90. The van der Waals surface area contributed by atoms with Crippen molar-refractivity contribution in [3.63, 3.8) is 0 Å². The Balaban J connectivity index is 1.93. The van der Waals surface area contributed by atoms with E-state index in [4.69, 9.17) is 21.1 Å². The molecule has 26 heavy (non-hydrogen) atoms. The highest BCUT2D eigenvalue weighted by Gasteiger charge is 2.13. The average Bonchev–Trinajstić information content (AvgIpc) is 2.65. The molecular formula is C22H30ClNO2. The highest BCUT2D eigenvalue weighted by molar-refractivity contribution is 6.32. The van der Waals surface area contributed by atoms with Gasteiger partial charge in [0.15, 0.2) is 11.5 Å². The first-order valence-corrected chi connectivity index (χ1v) is 9.87. The summed E-state index contributed by atoms with van der Waals surface area (Å²) in [5.41, 5.74) is 2.48. The third-order valence-electron chi connectivity index (χ3n) is 4.18. The smallest absolute Gasteiger partial charge is 0.179 e. The van der Waals surface area contributed by atoms with Crippen LogP contribution >= 0.6 is 11.6 Å². The summed E-state index contributed by atoms with van der Waals surface area (Å²) in [6.45, 7) is 8.23. The average molecular weight is 376 g/mol. The van der Waals surface area contributed by atoms with E-state index in [1.54, 1.807) is 0 Å². The van der Waals surface area contributed by atoms with Crippen molar-refractivity contribution in [2.45, 2.75) is 52.6 Å². The second-order valence-electron chi connectivity index (χ2n) is 6.49. The molecule has 0 radical (unpaired) electrons. The fourth-order valence-electron chi connectivity index (χ4n) is 2.75. The lowest BCUT2D eigenvalue weighted by atomic mass is 10.1. The number of rotatable bonds is 11. The molecule has 0 heterocycles. The van der Waals surface area contributed by atoms with E-state index in [1.165, 1.54) is 5.56 Å². The van der Waals surface area contributed by atoms with Crippen molar-refractivity contribution >= 4 is 11.6 Å². The van der Waals surface area contributed by atoms with Crippen molar-refractivity contribution in [1.82, 2.24) is 5.32 Å². The summed E-state index contributed by atoms with van der Waals surface area (Å²) in [5.74, 6) is 1.37. The molecule has 0 saturated heterocycles. The molecule has 0 spiro atoms. The summed E-state index contributed by atoms with van der Waals surface area (Å²) >= 11 is 6.43. The molecule has 0 aromatic heterocycles. The van der Waals surface area contributed by atoms with Gasteiger partial charge in [-0.05, 0) is 56.4 Å². The first-order chi connectivity index (χ1) is 12.6. The third kappa shape index (κ3) is 6.54. The maximum Gasteiger partial charge on any atom is 0.179 e. The van der Waals surface area contributed by atoms with Crippen LogP contribution in [0.1, 0.15) is 44.7 Å². The van der Waals surface area contributed by atoms with E-state index in [0.29, 0.717) is 30.0 Å². The van der Waals surface area contributed by atoms with E-state index < -0.39 is 0 Å². The van der Waals surface area contributed by atoms with Crippen LogP contribution < -0.4 is 14.8 Å². The molecule has 3 nitrogen and oxygen atoms in total. The quantitative estimate of drug-likeness (QED) is 0.551. The molecule has 0 unspecified atom stereocenters. The summed E-state index contributed by atoms with van der Waals surface area (Å²) in [7, 11) is 0. The fourth-order valence-corrected chi connectivity index (χ4v) is 3.04. The molecule has 2 aromatic rings. The van der Waals surface area contributed by atoms with Crippen molar-refractivity contribution in [2.24, 2.45) is 0 Å². The topological polar surface area (TPSA) is 30.5 Å². The Labute approximate surface area is 162 Å². The molecule has 2 aromatic carbocycles. The van der Waals surface area contributed by atoms with Crippen molar-refractivity contribution in [3.8, 4) is 11.5 Å². The first-order valence-electron chi connectivity index (χ1n) is 9.49. The number of halogens is 1. The molecule has 2 rings (SSSR count). The lowest BCUT2D eigenvalue weighted by Crippen LogP contribution is -2.26. The van der Waals surface area contributed by atoms with E-state index in [-0.39, 0.29) is 0 Å².